The summed E-state index contributed by atoms with van der Waals surface area (Å²) in [6, 6.07) is 5.28. The number of benzene rings is 1. The van der Waals surface area contributed by atoms with Crippen molar-refractivity contribution in [2.45, 2.75) is 50.0 Å². The highest BCUT2D eigenvalue weighted by Crippen LogP contribution is 2.39. The molecular weight excluding hydrogens is 272 g/mol. The second-order valence-electron chi connectivity index (χ2n) is 6.04. The lowest BCUT2D eigenvalue weighted by molar-refractivity contribution is 0.202. The minimum Gasteiger partial charge on any atom is -0.399 e. The first-order valence-electron chi connectivity index (χ1n) is 7.38. The number of aryl methyl sites for hydroxylation is 1. The lowest BCUT2D eigenvalue weighted by Gasteiger charge is -2.36. The van der Waals surface area contributed by atoms with E-state index in [2.05, 4.69) is 0 Å². The molecule has 5 heteroatoms. The van der Waals surface area contributed by atoms with Gasteiger partial charge in [-0.05, 0) is 62.3 Å². The molecule has 1 aromatic carbocycles. The molecule has 0 amide bonds. The quantitative estimate of drug-likeness (QED) is 0.853. The Balaban J connectivity index is 1.98. The summed E-state index contributed by atoms with van der Waals surface area (Å²) in [4.78, 5) is 0.416. The Morgan fingerprint density at radius 1 is 1.20 bits per heavy atom. The maximum atomic E-state index is 12.9. The Morgan fingerprint density at radius 3 is 2.70 bits per heavy atom. The van der Waals surface area contributed by atoms with Crippen molar-refractivity contribution >= 4 is 15.7 Å². The summed E-state index contributed by atoms with van der Waals surface area (Å²) in [5.74, 6) is 0.563. The number of nitrogen functional groups attached to an aromatic ring is 1. The molecular formula is C15H22N2O2S. The standard InChI is InChI=1S/C15H22N2O2S/c1-11-10-13(16)7-8-15(11)20(18,19)17-9-3-5-12-4-2-6-14(12)17/h7-8,10,12,14H,2-6,9,16H2,1H3. The van der Waals surface area contributed by atoms with Crippen LogP contribution in [0.4, 0.5) is 5.69 Å². The van der Waals surface area contributed by atoms with Gasteiger partial charge < -0.3 is 5.73 Å². The fourth-order valence-corrected chi connectivity index (χ4v) is 5.76. The van der Waals surface area contributed by atoms with E-state index in [1.807, 2.05) is 6.92 Å². The van der Waals surface area contributed by atoms with Crippen LogP contribution in [0.5, 0.6) is 0 Å². The third kappa shape index (κ3) is 2.23. The van der Waals surface area contributed by atoms with E-state index in [1.165, 1.54) is 12.8 Å². The lowest BCUT2D eigenvalue weighted by Crippen LogP contribution is -2.46. The van der Waals surface area contributed by atoms with Gasteiger partial charge in [0.15, 0.2) is 0 Å². The molecule has 0 aromatic heterocycles. The number of sulfonamides is 1. The highest BCUT2D eigenvalue weighted by Gasteiger charge is 2.41. The molecule has 1 saturated heterocycles. The van der Waals surface area contributed by atoms with Crippen molar-refractivity contribution in [3.63, 3.8) is 0 Å². The smallest absolute Gasteiger partial charge is 0.243 e. The minimum absolute atomic E-state index is 0.214. The van der Waals surface area contributed by atoms with Gasteiger partial charge in [-0.1, -0.05) is 6.42 Å². The van der Waals surface area contributed by atoms with Gasteiger partial charge >= 0.3 is 0 Å². The third-order valence-electron chi connectivity index (χ3n) is 4.73. The fourth-order valence-electron chi connectivity index (χ4n) is 3.80. The lowest BCUT2D eigenvalue weighted by atomic mass is 9.94. The van der Waals surface area contributed by atoms with Gasteiger partial charge in [0.25, 0.3) is 0 Å². The predicted molar refractivity (Wildman–Crippen MR) is 79.8 cm³/mol. The van der Waals surface area contributed by atoms with Gasteiger partial charge in [0.05, 0.1) is 4.90 Å². The van der Waals surface area contributed by atoms with Crippen LogP contribution in [-0.4, -0.2) is 25.3 Å². The van der Waals surface area contributed by atoms with Crippen LogP contribution < -0.4 is 5.73 Å². The zero-order valence-electron chi connectivity index (χ0n) is 11.9. The van der Waals surface area contributed by atoms with Crippen LogP contribution >= 0.6 is 0 Å². The first kappa shape index (κ1) is 13.9. The molecule has 2 unspecified atom stereocenters. The van der Waals surface area contributed by atoms with Crippen LogP contribution in [0.25, 0.3) is 0 Å². The minimum atomic E-state index is -3.39. The van der Waals surface area contributed by atoms with Gasteiger partial charge in [-0.25, -0.2) is 8.42 Å². The van der Waals surface area contributed by atoms with Crippen molar-refractivity contribution in [2.75, 3.05) is 12.3 Å². The Morgan fingerprint density at radius 2 is 1.95 bits per heavy atom. The molecule has 2 aliphatic rings. The average Bonchev–Trinajstić information content (AvgIpc) is 2.85. The van der Waals surface area contributed by atoms with E-state index in [9.17, 15) is 8.42 Å². The van der Waals surface area contributed by atoms with Gasteiger partial charge in [0.2, 0.25) is 10.0 Å². The Labute approximate surface area is 121 Å². The normalized spacial score (nSPS) is 27.4. The van der Waals surface area contributed by atoms with Crippen molar-refractivity contribution in [3.05, 3.63) is 23.8 Å². The van der Waals surface area contributed by atoms with Crippen LogP contribution in [0.15, 0.2) is 23.1 Å². The molecule has 2 fully saturated rings. The van der Waals surface area contributed by atoms with Crippen molar-refractivity contribution in [2.24, 2.45) is 5.92 Å². The van der Waals surface area contributed by atoms with E-state index >= 15 is 0 Å². The summed E-state index contributed by atoms with van der Waals surface area (Å²) in [6.45, 7) is 2.48. The fraction of sp³-hybridized carbons (Fsp3) is 0.600. The number of nitrogens with zero attached hydrogens (tertiary/aromatic N) is 1. The molecule has 0 radical (unpaired) electrons. The monoisotopic (exact) mass is 294 g/mol. The number of rotatable bonds is 2. The van der Waals surface area contributed by atoms with E-state index in [0.29, 0.717) is 23.0 Å². The number of hydrogen-bond acceptors (Lipinski definition) is 3. The Kier molecular flexibility index (Phi) is 3.50. The topological polar surface area (TPSA) is 63.4 Å². The summed E-state index contributed by atoms with van der Waals surface area (Å²) in [6.07, 6.45) is 5.50. The molecule has 0 bridgehead atoms. The highest BCUT2D eigenvalue weighted by molar-refractivity contribution is 7.89. The zero-order chi connectivity index (χ0) is 14.3. The predicted octanol–water partition coefficient (Wildman–Crippen LogP) is 2.53. The van der Waals surface area contributed by atoms with Gasteiger partial charge in [0, 0.05) is 18.3 Å². The molecule has 0 spiro atoms. The van der Waals surface area contributed by atoms with Gasteiger partial charge in [-0.3, -0.25) is 0 Å². The maximum absolute atomic E-state index is 12.9. The third-order valence-corrected chi connectivity index (χ3v) is 6.81. The molecule has 110 valence electrons. The number of anilines is 1. The first-order valence-corrected chi connectivity index (χ1v) is 8.82. The Hall–Kier alpha value is -1.07. The molecule has 1 aromatic rings. The number of nitrogens with two attached hydrogens (primary N) is 1. The van der Waals surface area contributed by atoms with E-state index < -0.39 is 10.0 Å². The van der Waals surface area contributed by atoms with Crippen molar-refractivity contribution in [1.29, 1.82) is 0 Å². The summed E-state index contributed by atoms with van der Waals surface area (Å²) >= 11 is 0. The molecule has 1 aliphatic carbocycles. The van der Waals surface area contributed by atoms with E-state index in [4.69, 9.17) is 5.73 Å². The average molecular weight is 294 g/mol. The number of hydrogen-bond donors (Lipinski definition) is 1. The molecule has 2 atom stereocenters. The van der Waals surface area contributed by atoms with Gasteiger partial charge in [-0.15, -0.1) is 0 Å². The molecule has 1 aliphatic heterocycles. The van der Waals surface area contributed by atoms with E-state index in [0.717, 1.165) is 24.8 Å². The summed E-state index contributed by atoms with van der Waals surface area (Å²) in [5.41, 5.74) is 7.08. The van der Waals surface area contributed by atoms with Crippen molar-refractivity contribution < 1.29 is 8.42 Å². The number of piperidine rings is 1. The largest absolute Gasteiger partial charge is 0.399 e. The Bertz CT molecular complexity index is 612. The molecule has 1 heterocycles. The second kappa shape index (κ2) is 5.04. The SMILES string of the molecule is Cc1cc(N)ccc1S(=O)(=O)N1CCCC2CCCC21. The molecule has 3 rings (SSSR count). The first-order chi connectivity index (χ1) is 9.50. The second-order valence-corrected chi connectivity index (χ2v) is 7.90. The van der Waals surface area contributed by atoms with Crippen molar-refractivity contribution in [1.82, 2.24) is 4.31 Å². The van der Waals surface area contributed by atoms with Crippen molar-refractivity contribution in [3.8, 4) is 0 Å². The van der Waals surface area contributed by atoms with Crippen LogP contribution in [0.1, 0.15) is 37.7 Å². The molecule has 2 N–H and O–H groups in total. The summed E-state index contributed by atoms with van der Waals surface area (Å²) in [7, 11) is -3.39. The van der Waals surface area contributed by atoms with Crippen LogP contribution in [-0.2, 0) is 10.0 Å². The van der Waals surface area contributed by atoms with Crippen LogP contribution in [0.2, 0.25) is 0 Å². The van der Waals surface area contributed by atoms with E-state index in [-0.39, 0.29) is 6.04 Å². The maximum Gasteiger partial charge on any atom is 0.243 e. The zero-order valence-corrected chi connectivity index (χ0v) is 12.7. The van der Waals surface area contributed by atoms with E-state index in [1.54, 1.807) is 22.5 Å². The van der Waals surface area contributed by atoms with Crippen LogP contribution in [0.3, 0.4) is 0 Å². The number of fused-ring (bicyclic) bond motifs is 1. The molecule has 20 heavy (non-hydrogen) atoms. The molecule has 4 nitrogen and oxygen atoms in total. The van der Waals surface area contributed by atoms with Crippen LogP contribution in [0, 0.1) is 12.8 Å². The van der Waals surface area contributed by atoms with Gasteiger partial charge in [-0.2, -0.15) is 4.31 Å². The summed E-state index contributed by atoms with van der Waals surface area (Å²) in [5, 5.41) is 0. The molecule has 1 saturated carbocycles. The summed E-state index contributed by atoms with van der Waals surface area (Å²) < 4.78 is 27.7. The highest BCUT2D eigenvalue weighted by atomic mass is 32.2. The van der Waals surface area contributed by atoms with Gasteiger partial charge in [0.1, 0.15) is 0 Å².